The summed E-state index contributed by atoms with van der Waals surface area (Å²) >= 11 is 6.84. The molecule has 3 heterocycles. The summed E-state index contributed by atoms with van der Waals surface area (Å²) in [5.41, 5.74) is 1.90. The summed E-state index contributed by atoms with van der Waals surface area (Å²) in [4.78, 5) is 9.72. The summed E-state index contributed by atoms with van der Waals surface area (Å²) in [5.74, 6) is 0.835. The zero-order valence-corrected chi connectivity index (χ0v) is 12.6. The Hall–Kier alpha value is -0.660. The zero-order valence-electron chi connectivity index (χ0n) is 9.45. The third-order valence-electron chi connectivity index (χ3n) is 2.74. The minimum Gasteiger partial charge on any atom is -0.393 e. The van der Waals surface area contributed by atoms with Crippen LogP contribution in [0.15, 0.2) is 20.3 Å². The van der Waals surface area contributed by atoms with Gasteiger partial charge in [-0.1, -0.05) is 5.16 Å². The van der Waals surface area contributed by atoms with Gasteiger partial charge in [0.15, 0.2) is 0 Å². The van der Waals surface area contributed by atoms with E-state index in [-0.39, 0.29) is 6.10 Å². The van der Waals surface area contributed by atoms with E-state index in [4.69, 9.17) is 9.57 Å². The molecule has 0 unspecified atom stereocenters. The van der Waals surface area contributed by atoms with Crippen LogP contribution in [0.25, 0.3) is 0 Å². The second-order valence-electron chi connectivity index (χ2n) is 4.12. The summed E-state index contributed by atoms with van der Waals surface area (Å²) in [5, 5.41) is 7.45. The number of fused-ring (bicyclic) bond motifs is 1. The van der Waals surface area contributed by atoms with Gasteiger partial charge in [-0.3, -0.25) is 0 Å². The number of pyridine rings is 1. The van der Waals surface area contributed by atoms with Gasteiger partial charge in [-0.25, -0.2) is 4.98 Å². The van der Waals surface area contributed by atoms with Crippen molar-refractivity contribution >= 4 is 43.4 Å². The van der Waals surface area contributed by atoms with Gasteiger partial charge < -0.3 is 14.9 Å². The zero-order chi connectivity index (χ0) is 12.5. The van der Waals surface area contributed by atoms with Crippen LogP contribution in [0.4, 0.5) is 5.82 Å². The summed E-state index contributed by atoms with van der Waals surface area (Å²) in [6, 6.07) is 1.99. The van der Waals surface area contributed by atoms with Crippen molar-refractivity contribution in [1.82, 2.24) is 4.98 Å². The van der Waals surface area contributed by atoms with Crippen LogP contribution in [-0.2, 0) is 9.57 Å². The van der Waals surface area contributed by atoms with Crippen molar-refractivity contribution < 1.29 is 9.57 Å². The number of nitrogens with zero attached hydrogens (tertiary/aromatic N) is 2. The van der Waals surface area contributed by atoms with E-state index in [2.05, 4.69) is 47.3 Å². The third kappa shape index (κ3) is 2.67. The molecular formula is C11H11Br2N3O2. The lowest BCUT2D eigenvalue weighted by Gasteiger charge is -2.19. The molecule has 0 radical (unpaired) electrons. The molecule has 0 saturated carbocycles. The monoisotopic (exact) mass is 375 g/mol. The van der Waals surface area contributed by atoms with Crippen LogP contribution in [0, 0.1) is 0 Å². The van der Waals surface area contributed by atoms with Gasteiger partial charge in [0.1, 0.15) is 23.1 Å². The molecule has 0 amide bonds. The van der Waals surface area contributed by atoms with Gasteiger partial charge in [-0.2, -0.15) is 0 Å². The average Bonchev–Trinajstić information content (AvgIpc) is 3.15. The van der Waals surface area contributed by atoms with Gasteiger partial charge >= 0.3 is 0 Å². The van der Waals surface area contributed by atoms with Crippen LogP contribution in [-0.4, -0.2) is 36.6 Å². The van der Waals surface area contributed by atoms with Gasteiger partial charge in [-0.15, -0.1) is 0 Å². The number of ether oxygens (including phenoxy) is 1. The maximum Gasteiger partial charge on any atom is 0.145 e. The van der Waals surface area contributed by atoms with Crippen molar-refractivity contribution in [3.63, 3.8) is 0 Å². The van der Waals surface area contributed by atoms with Crippen LogP contribution in [0.2, 0.25) is 0 Å². The molecule has 0 spiro atoms. The SMILES string of the molecule is Brc1cc2c(nc1Br)NCC/C2=N\OC[C@H]1CO1. The molecule has 1 fully saturated rings. The number of rotatable bonds is 3. The van der Waals surface area contributed by atoms with Crippen molar-refractivity contribution in [1.29, 1.82) is 0 Å². The Morgan fingerprint density at radius 2 is 2.39 bits per heavy atom. The largest absolute Gasteiger partial charge is 0.393 e. The maximum absolute atomic E-state index is 5.30. The molecule has 3 rings (SSSR count). The molecule has 1 aromatic heterocycles. The molecule has 0 bridgehead atoms. The number of aromatic nitrogens is 1. The van der Waals surface area contributed by atoms with Crippen LogP contribution in [0.1, 0.15) is 12.0 Å². The predicted octanol–water partition coefficient (Wildman–Crippen LogP) is 2.54. The highest BCUT2D eigenvalue weighted by Gasteiger charge is 2.24. The van der Waals surface area contributed by atoms with Crippen LogP contribution >= 0.6 is 31.9 Å². The summed E-state index contributed by atoms with van der Waals surface area (Å²) in [7, 11) is 0. The molecule has 1 atom stereocenters. The second-order valence-corrected chi connectivity index (χ2v) is 5.73. The molecule has 0 aliphatic carbocycles. The van der Waals surface area contributed by atoms with E-state index in [9.17, 15) is 0 Å². The summed E-state index contributed by atoms with van der Waals surface area (Å²) in [6.07, 6.45) is 1.05. The number of nitrogens with one attached hydrogen (secondary N) is 1. The summed E-state index contributed by atoms with van der Waals surface area (Å²) in [6.45, 7) is 2.12. The Balaban J connectivity index is 1.83. The first-order chi connectivity index (χ1) is 8.74. The number of epoxide rings is 1. The van der Waals surface area contributed by atoms with Gasteiger partial charge in [0.2, 0.25) is 0 Å². The number of oxime groups is 1. The molecule has 2 aliphatic heterocycles. The second kappa shape index (κ2) is 5.14. The fraction of sp³-hybridized carbons (Fsp3) is 0.455. The lowest BCUT2D eigenvalue weighted by molar-refractivity contribution is 0.124. The molecule has 18 heavy (non-hydrogen) atoms. The smallest absolute Gasteiger partial charge is 0.145 e. The first kappa shape index (κ1) is 12.4. The predicted molar refractivity (Wildman–Crippen MR) is 75.0 cm³/mol. The van der Waals surface area contributed by atoms with Crippen molar-refractivity contribution in [2.75, 3.05) is 25.1 Å². The van der Waals surface area contributed by atoms with E-state index in [1.54, 1.807) is 0 Å². The van der Waals surface area contributed by atoms with Crippen LogP contribution in [0.3, 0.4) is 0 Å². The van der Waals surface area contributed by atoms with Gasteiger partial charge in [-0.05, 0) is 37.9 Å². The number of anilines is 1. The Morgan fingerprint density at radius 3 is 3.17 bits per heavy atom. The van der Waals surface area contributed by atoms with E-state index < -0.39 is 0 Å². The fourth-order valence-corrected chi connectivity index (χ4v) is 2.32. The van der Waals surface area contributed by atoms with Crippen molar-refractivity contribution in [2.45, 2.75) is 12.5 Å². The molecular weight excluding hydrogens is 366 g/mol. The Labute approximate surface area is 121 Å². The van der Waals surface area contributed by atoms with E-state index in [0.717, 1.165) is 45.7 Å². The van der Waals surface area contributed by atoms with E-state index in [0.29, 0.717) is 6.61 Å². The molecule has 7 heteroatoms. The Bertz CT molecular complexity index is 503. The lowest BCUT2D eigenvalue weighted by Crippen LogP contribution is -2.20. The van der Waals surface area contributed by atoms with E-state index >= 15 is 0 Å². The van der Waals surface area contributed by atoms with Gasteiger partial charge in [0, 0.05) is 18.5 Å². The minimum atomic E-state index is 0.227. The van der Waals surface area contributed by atoms with Crippen LogP contribution in [0.5, 0.6) is 0 Å². The molecule has 96 valence electrons. The highest BCUT2D eigenvalue weighted by atomic mass is 79.9. The Morgan fingerprint density at radius 1 is 1.56 bits per heavy atom. The number of halogens is 2. The quantitative estimate of drug-likeness (QED) is 0.500. The molecule has 2 aliphatic rings. The first-order valence-electron chi connectivity index (χ1n) is 5.65. The third-order valence-corrected chi connectivity index (χ3v) is 4.48. The minimum absolute atomic E-state index is 0.227. The lowest BCUT2D eigenvalue weighted by atomic mass is 10.1. The molecule has 1 aromatic rings. The molecule has 1 saturated heterocycles. The summed E-state index contributed by atoms with van der Waals surface area (Å²) < 4.78 is 6.76. The number of hydrogen-bond donors (Lipinski definition) is 1. The number of hydrogen-bond acceptors (Lipinski definition) is 5. The molecule has 0 aromatic carbocycles. The first-order valence-corrected chi connectivity index (χ1v) is 7.23. The highest BCUT2D eigenvalue weighted by molar-refractivity contribution is 9.13. The highest BCUT2D eigenvalue weighted by Crippen LogP contribution is 2.29. The maximum atomic E-state index is 5.30. The van der Waals surface area contributed by atoms with Crippen molar-refractivity contribution in [2.24, 2.45) is 5.16 Å². The van der Waals surface area contributed by atoms with Crippen LogP contribution < -0.4 is 5.32 Å². The molecule has 1 N–H and O–H groups in total. The van der Waals surface area contributed by atoms with Crippen molar-refractivity contribution in [3.8, 4) is 0 Å². The topological polar surface area (TPSA) is 59.0 Å². The normalized spacial score (nSPS) is 23.4. The fourth-order valence-electron chi connectivity index (χ4n) is 1.71. The standard InChI is InChI=1S/C11H11Br2N3O2/c12-8-3-7-9(16-18-5-6-4-17-6)1-2-14-11(7)15-10(8)13/h3,6H,1-2,4-5H2,(H,14,15)/b16-9+/t6-/m1/s1. The Kier molecular flexibility index (Phi) is 3.54. The van der Waals surface area contributed by atoms with Gasteiger partial charge in [0.25, 0.3) is 0 Å². The van der Waals surface area contributed by atoms with Crippen molar-refractivity contribution in [3.05, 3.63) is 20.7 Å². The average molecular weight is 377 g/mol. The molecule has 5 nitrogen and oxygen atoms in total. The van der Waals surface area contributed by atoms with Gasteiger partial charge in [0.05, 0.1) is 16.8 Å². The van der Waals surface area contributed by atoms with E-state index in [1.165, 1.54) is 0 Å². The van der Waals surface area contributed by atoms with E-state index in [1.807, 2.05) is 6.07 Å².